The van der Waals surface area contributed by atoms with Gasteiger partial charge in [0, 0.05) is 23.6 Å². The van der Waals surface area contributed by atoms with Crippen LogP contribution in [-0.2, 0) is 9.53 Å². The number of halogens is 5. The number of amides is 2. The zero-order valence-corrected chi connectivity index (χ0v) is 17.2. The lowest BCUT2D eigenvalue weighted by Gasteiger charge is -2.27. The van der Waals surface area contributed by atoms with Gasteiger partial charge in [0.15, 0.2) is 23.4 Å². The largest absolute Gasteiger partial charge is 0.618 e. The Balaban J connectivity index is 2.02. The normalized spacial score (nSPS) is 22.8. The van der Waals surface area contributed by atoms with Gasteiger partial charge in [-0.05, 0) is 19.4 Å². The van der Waals surface area contributed by atoms with Crippen molar-refractivity contribution in [3.05, 3.63) is 58.6 Å². The lowest BCUT2D eigenvalue weighted by Crippen LogP contribution is -2.43. The van der Waals surface area contributed by atoms with Crippen LogP contribution in [0.25, 0.3) is 0 Å². The summed E-state index contributed by atoms with van der Waals surface area (Å²) >= 11 is 0. The van der Waals surface area contributed by atoms with Crippen molar-refractivity contribution in [2.45, 2.75) is 37.1 Å². The Hall–Kier alpha value is -3.48. The molecule has 0 saturated carbocycles. The molecule has 3 N–H and O–H groups in total. The van der Waals surface area contributed by atoms with E-state index in [-0.39, 0.29) is 16.0 Å². The van der Waals surface area contributed by atoms with Gasteiger partial charge in [0.2, 0.25) is 5.82 Å². The van der Waals surface area contributed by atoms with Crippen molar-refractivity contribution in [1.29, 1.82) is 0 Å². The molecule has 3 rings (SSSR count). The van der Waals surface area contributed by atoms with E-state index in [2.05, 4.69) is 5.32 Å². The van der Waals surface area contributed by atoms with Gasteiger partial charge in [0.1, 0.15) is 6.10 Å². The van der Waals surface area contributed by atoms with Crippen molar-refractivity contribution < 1.29 is 45.7 Å². The highest BCUT2D eigenvalue weighted by atomic mass is 19.4. The molecule has 0 spiro atoms. The highest BCUT2D eigenvalue weighted by Gasteiger charge is 2.61. The number of nitrogens with zero attached hydrogens (tertiary/aromatic N) is 1. The molecule has 1 aromatic heterocycles. The SMILES string of the molecule is COc1c([C@@H]2C[C@@](C)(C(F)(F)F)O[C@H]2C(=O)Nc2cc[n+]([O-])c(C(N)=O)c2)ccc(F)c1F. The van der Waals surface area contributed by atoms with Crippen molar-refractivity contribution in [2.75, 3.05) is 12.4 Å². The highest BCUT2D eigenvalue weighted by molar-refractivity contribution is 5.97. The van der Waals surface area contributed by atoms with E-state index in [1.807, 2.05) is 0 Å². The fraction of sp³-hybridized carbons (Fsp3) is 0.350. The standard InChI is InChI=1S/C20H18F5N3O5/c1-19(20(23,24)25)8-11(10-3-4-12(21)14(22)15(10)32-2)16(33-19)18(30)27-9-5-6-28(31)13(7-9)17(26)29/h3-7,11,16H,8H2,1-2H3,(H2,26,29)(H,27,30)/t11-,16+,19-/m0/s1. The Morgan fingerprint density at radius 2 is 1.97 bits per heavy atom. The number of benzene rings is 1. The molecule has 1 aliphatic heterocycles. The van der Waals surface area contributed by atoms with Crippen molar-refractivity contribution in [3.63, 3.8) is 0 Å². The van der Waals surface area contributed by atoms with Gasteiger partial charge >= 0.3 is 12.1 Å². The first kappa shape index (κ1) is 24.2. The van der Waals surface area contributed by atoms with Crippen LogP contribution in [0, 0.1) is 16.8 Å². The summed E-state index contributed by atoms with van der Waals surface area (Å²) in [5.74, 6) is -6.94. The Morgan fingerprint density at radius 1 is 1.30 bits per heavy atom. The minimum absolute atomic E-state index is 0.124. The third-order valence-electron chi connectivity index (χ3n) is 5.34. The Labute approximate surface area is 183 Å². The van der Waals surface area contributed by atoms with Crippen LogP contribution in [0.4, 0.5) is 27.6 Å². The van der Waals surface area contributed by atoms with Crippen LogP contribution >= 0.6 is 0 Å². The van der Waals surface area contributed by atoms with E-state index in [0.717, 1.165) is 38.4 Å². The fourth-order valence-electron chi connectivity index (χ4n) is 3.63. The smallest absolute Gasteiger partial charge is 0.417 e. The number of alkyl halides is 3. The third kappa shape index (κ3) is 4.40. The van der Waals surface area contributed by atoms with E-state index in [1.165, 1.54) is 0 Å². The van der Waals surface area contributed by atoms with Crippen LogP contribution in [0.2, 0.25) is 0 Å². The molecular weight excluding hydrogens is 457 g/mol. The molecule has 2 amide bonds. The van der Waals surface area contributed by atoms with Gasteiger partial charge in [-0.1, -0.05) is 6.07 Å². The quantitative estimate of drug-likeness (QED) is 0.392. The summed E-state index contributed by atoms with van der Waals surface area (Å²) in [6.45, 7) is 0.730. The summed E-state index contributed by atoms with van der Waals surface area (Å²) in [4.78, 5) is 24.3. The maximum atomic E-state index is 14.2. The molecule has 0 aliphatic carbocycles. The molecule has 13 heteroatoms. The van der Waals surface area contributed by atoms with Gasteiger partial charge in [-0.3, -0.25) is 9.59 Å². The summed E-state index contributed by atoms with van der Waals surface area (Å²) in [5.41, 5.74) is 1.43. The molecule has 2 aromatic rings. The molecule has 1 aliphatic rings. The van der Waals surface area contributed by atoms with E-state index < -0.39 is 65.1 Å². The number of hydrogen-bond acceptors (Lipinski definition) is 5. The van der Waals surface area contributed by atoms with Crippen LogP contribution in [0.15, 0.2) is 30.5 Å². The molecule has 2 heterocycles. The van der Waals surface area contributed by atoms with E-state index in [1.54, 1.807) is 0 Å². The molecule has 178 valence electrons. The topological polar surface area (TPSA) is 118 Å². The molecule has 3 atom stereocenters. The molecule has 8 nitrogen and oxygen atoms in total. The number of rotatable bonds is 5. The minimum Gasteiger partial charge on any atom is -0.618 e. The van der Waals surface area contributed by atoms with Gasteiger partial charge in [-0.2, -0.15) is 22.3 Å². The second-order valence-electron chi connectivity index (χ2n) is 7.54. The number of primary amides is 1. The number of aromatic nitrogens is 1. The fourth-order valence-corrected chi connectivity index (χ4v) is 3.63. The summed E-state index contributed by atoms with van der Waals surface area (Å²) in [6.07, 6.45) is -6.64. The van der Waals surface area contributed by atoms with E-state index >= 15 is 0 Å². The summed E-state index contributed by atoms with van der Waals surface area (Å²) in [5, 5.41) is 13.8. The number of nitrogens with one attached hydrogen (secondary N) is 1. The first-order valence-corrected chi connectivity index (χ1v) is 9.39. The first-order chi connectivity index (χ1) is 15.3. The van der Waals surface area contributed by atoms with Gasteiger partial charge in [-0.15, -0.1) is 0 Å². The van der Waals surface area contributed by atoms with E-state index in [0.29, 0.717) is 6.07 Å². The highest BCUT2D eigenvalue weighted by Crippen LogP contribution is 2.51. The summed E-state index contributed by atoms with van der Waals surface area (Å²) < 4.78 is 79.1. The van der Waals surface area contributed by atoms with Crippen molar-refractivity contribution in [2.24, 2.45) is 5.73 Å². The molecule has 1 fully saturated rings. The number of pyridine rings is 1. The molecule has 1 aromatic carbocycles. The molecule has 0 bridgehead atoms. The Bertz CT molecular complexity index is 1110. The van der Waals surface area contributed by atoms with E-state index in [9.17, 15) is 36.7 Å². The van der Waals surface area contributed by atoms with Crippen LogP contribution in [0.1, 0.15) is 35.3 Å². The zero-order valence-electron chi connectivity index (χ0n) is 17.2. The van der Waals surface area contributed by atoms with Crippen LogP contribution in [-0.4, -0.2) is 36.8 Å². The molecule has 1 saturated heterocycles. The predicted octanol–water partition coefficient (Wildman–Crippen LogP) is 2.54. The average molecular weight is 475 g/mol. The Morgan fingerprint density at radius 3 is 2.55 bits per heavy atom. The van der Waals surface area contributed by atoms with Gasteiger partial charge < -0.3 is 25.7 Å². The van der Waals surface area contributed by atoms with Crippen molar-refractivity contribution >= 4 is 17.5 Å². The summed E-state index contributed by atoms with van der Waals surface area (Å²) in [7, 11) is 1.00. The van der Waals surface area contributed by atoms with Gasteiger partial charge in [0.25, 0.3) is 11.6 Å². The second-order valence-corrected chi connectivity index (χ2v) is 7.54. The van der Waals surface area contributed by atoms with Gasteiger partial charge in [-0.25, -0.2) is 4.39 Å². The number of ether oxygens (including phenoxy) is 2. The lowest BCUT2D eigenvalue weighted by molar-refractivity contribution is -0.607. The number of carbonyl (C=O) groups excluding carboxylic acids is 2. The van der Waals surface area contributed by atoms with Crippen molar-refractivity contribution in [1.82, 2.24) is 0 Å². The average Bonchev–Trinajstić information content (AvgIpc) is 3.10. The zero-order chi connectivity index (χ0) is 24.7. The first-order valence-electron chi connectivity index (χ1n) is 9.39. The molecule has 0 radical (unpaired) electrons. The van der Waals surface area contributed by atoms with E-state index in [4.69, 9.17) is 15.2 Å². The number of anilines is 1. The van der Waals surface area contributed by atoms with Crippen LogP contribution in [0.5, 0.6) is 5.75 Å². The number of hydrogen-bond donors (Lipinski definition) is 2. The third-order valence-corrected chi connectivity index (χ3v) is 5.34. The Kier molecular flexibility index (Phi) is 6.20. The number of nitrogens with two attached hydrogens (primary N) is 1. The number of carbonyl (C=O) groups is 2. The van der Waals surface area contributed by atoms with Crippen LogP contribution < -0.4 is 20.5 Å². The molecular formula is C20H18F5N3O5. The predicted molar refractivity (Wildman–Crippen MR) is 102 cm³/mol. The molecule has 33 heavy (non-hydrogen) atoms. The minimum atomic E-state index is -4.90. The molecule has 0 unspecified atom stereocenters. The maximum Gasteiger partial charge on any atom is 0.417 e. The summed E-state index contributed by atoms with van der Waals surface area (Å²) in [6, 6.07) is 3.73. The second kappa shape index (κ2) is 8.46. The van der Waals surface area contributed by atoms with Gasteiger partial charge in [0.05, 0.1) is 12.8 Å². The lowest BCUT2D eigenvalue weighted by atomic mass is 9.85. The maximum absolute atomic E-state index is 14.2. The van der Waals surface area contributed by atoms with Crippen LogP contribution in [0.3, 0.4) is 0 Å². The van der Waals surface area contributed by atoms with Crippen molar-refractivity contribution in [3.8, 4) is 5.75 Å². The monoisotopic (exact) mass is 475 g/mol. The number of methoxy groups -OCH3 is 1.